The summed E-state index contributed by atoms with van der Waals surface area (Å²) in [6.45, 7) is 3.95. The van der Waals surface area contributed by atoms with Crippen LogP contribution in [-0.2, 0) is 19.6 Å². The van der Waals surface area contributed by atoms with Gasteiger partial charge in [-0.15, -0.1) is 0 Å². The van der Waals surface area contributed by atoms with Crippen LogP contribution in [0.25, 0.3) is 0 Å². The number of piperidine rings is 1. The van der Waals surface area contributed by atoms with E-state index < -0.39 is 28.0 Å². The molecule has 0 spiro atoms. The number of nitrogens with zero attached hydrogens (tertiary/aromatic N) is 1. The maximum absolute atomic E-state index is 12.1. The molecule has 1 heterocycles. The van der Waals surface area contributed by atoms with Gasteiger partial charge in [-0.2, -0.15) is 0 Å². The zero-order chi connectivity index (χ0) is 15.5. The summed E-state index contributed by atoms with van der Waals surface area (Å²) in [5, 5.41) is 11.5. The lowest BCUT2D eigenvalue weighted by molar-refractivity contribution is -0.144. The number of carbonyl (C=O) groups excluding carboxylic acids is 1. The normalized spacial score (nSPS) is 22.5. The number of carboxylic acid groups (broad SMARTS) is 1. The minimum absolute atomic E-state index is 0.120. The standard InChI is InChI=1S/C12H22N2O5S/c1-8(2)10(12(16)17)13-11(15)9-5-4-6-14(7-9)20(3,18)19/h8-10H,4-7H2,1-3H3,(H,13,15)(H,16,17)/t9?,10-/m0/s1. The highest BCUT2D eigenvalue weighted by Gasteiger charge is 2.32. The molecule has 0 radical (unpaired) electrons. The molecule has 20 heavy (non-hydrogen) atoms. The fourth-order valence-corrected chi connectivity index (χ4v) is 3.15. The number of carbonyl (C=O) groups is 2. The molecule has 1 amide bonds. The highest BCUT2D eigenvalue weighted by Crippen LogP contribution is 2.19. The molecule has 8 heteroatoms. The highest BCUT2D eigenvalue weighted by molar-refractivity contribution is 7.88. The molecule has 2 atom stereocenters. The Hall–Kier alpha value is -1.15. The molecule has 7 nitrogen and oxygen atoms in total. The monoisotopic (exact) mass is 306 g/mol. The van der Waals surface area contributed by atoms with Gasteiger partial charge in [0.1, 0.15) is 6.04 Å². The van der Waals surface area contributed by atoms with Crippen LogP contribution in [-0.4, -0.2) is 55.1 Å². The summed E-state index contributed by atoms with van der Waals surface area (Å²) < 4.78 is 24.3. The maximum Gasteiger partial charge on any atom is 0.326 e. The molecule has 1 rings (SSSR count). The van der Waals surface area contributed by atoms with Gasteiger partial charge in [-0.3, -0.25) is 4.79 Å². The SMILES string of the molecule is CC(C)[C@H](NC(=O)C1CCCN(S(C)(=O)=O)C1)C(=O)O. The van der Waals surface area contributed by atoms with Gasteiger partial charge in [0, 0.05) is 13.1 Å². The molecule has 1 fully saturated rings. The molecule has 1 unspecified atom stereocenters. The minimum Gasteiger partial charge on any atom is -0.480 e. The molecule has 2 N–H and O–H groups in total. The van der Waals surface area contributed by atoms with Gasteiger partial charge >= 0.3 is 5.97 Å². The third-order valence-corrected chi connectivity index (χ3v) is 4.72. The average molecular weight is 306 g/mol. The van der Waals surface area contributed by atoms with Crippen molar-refractivity contribution in [1.29, 1.82) is 0 Å². The number of amides is 1. The maximum atomic E-state index is 12.1. The number of aliphatic carboxylic acids is 1. The van der Waals surface area contributed by atoms with Gasteiger partial charge < -0.3 is 10.4 Å². The first-order chi connectivity index (χ1) is 9.12. The fourth-order valence-electron chi connectivity index (χ4n) is 2.24. The Morgan fingerprint density at radius 3 is 2.40 bits per heavy atom. The van der Waals surface area contributed by atoms with Gasteiger partial charge in [0.25, 0.3) is 0 Å². The Morgan fingerprint density at radius 1 is 1.35 bits per heavy atom. The first kappa shape index (κ1) is 16.9. The lowest BCUT2D eigenvalue weighted by atomic mass is 9.97. The quantitative estimate of drug-likeness (QED) is 0.737. The van der Waals surface area contributed by atoms with E-state index in [1.807, 2.05) is 0 Å². The number of nitrogens with one attached hydrogen (secondary N) is 1. The van der Waals surface area contributed by atoms with E-state index in [4.69, 9.17) is 5.11 Å². The van der Waals surface area contributed by atoms with Gasteiger partial charge in [0.2, 0.25) is 15.9 Å². The van der Waals surface area contributed by atoms with Crippen LogP contribution in [0.5, 0.6) is 0 Å². The predicted octanol–water partition coefficient (Wildman–Crippen LogP) is -0.117. The van der Waals surface area contributed by atoms with E-state index in [-0.39, 0.29) is 18.4 Å². The summed E-state index contributed by atoms with van der Waals surface area (Å²) in [5.41, 5.74) is 0. The second kappa shape index (κ2) is 6.53. The molecule has 1 aliphatic heterocycles. The number of carboxylic acids is 1. The highest BCUT2D eigenvalue weighted by atomic mass is 32.2. The van der Waals surface area contributed by atoms with Crippen molar-refractivity contribution in [2.75, 3.05) is 19.3 Å². The van der Waals surface area contributed by atoms with Gasteiger partial charge in [0.15, 0.2) is 0 Å². The van der Waals surface area contributed by atoms with Crippen molar-refractivity contribution in [3.8, 4) is 0 Å². The van der Waals surface area contributed by atoms with Crippen LogP contribution in [0, 0.1) is 11.8 Å². The third kappa shape index (κ3) is 4.45. The van der Waals surface area contributed by atoms with Gasteiger partial charge in [0.05, 0.1) is 12.2 Å². The van der Waals surface area contributed by atoms with Crippen LogP contribution in [0.3, 0.4) is 0 Å². The summed E-state index contributed by atoms with van der Waals surface area (Å²) in [6.07, 6.45) is 2.29. The van der Waals surface area contributed by atoms with E-state index in [1.54, 1.807) is 13.8 Å². The summed E-state index contributed by atoms with van der Waals surface area (Å²) >= 11 is 0. The first-order valence-electron chi connectivity index (χ1n) is 6.61. The molecular weight excluding hydrogens is 284 g/mol. The molecule has 0 aromatic heterocycles. The minimum atomic E-state index is -3.32. The first-order valence-corrected chi connectivity index (χ1v) is 8.46. The smallest absolute Gasteiger partial charge is 0.326 e. The fraction of sp³-hybridized carbons (Fsp3) is 0.833. The molecule has 0 saturated carbocycles. The van der Waals surface area contributed by atoms with Crippen LogP contribution >= 0.6 is 0 Å². The van der Waals surface area contributed by atoms with Gasteiger partial charge in [-0.25, -0.2) is 17.5 Å². The molecule has 0 aromatic carbocycles. The zero-order valence-electron chi connectivity index (χ0n) is 12.0. The largest absolute Gasteiger partial charge is 0.480 e. The number of rotatable bonds is 5. The Morgan fingerprint density at radius 2 is 1.95 bits per heavy atom. The van der Waals surface area contributed by atoms with Crippen molar-refractivity contribution in [1.82, 2.24) is 9.62 Å². The summed E-state index contributed by atoms with van der Waals surface area (Å²) in [4.78, 5) is 23.2. The number of hydrogen-bond acceptors (Lipinski definition) is 4. The van der Waals surface area contributed by atoms with Crippen LogP contribution in [0.15, 0.2) is 0 Å². The van der Waals surface area contributed by atoms with E-state index in [0.717, 1.165) is 6.26 Å². The van der Waals surface area contributed by atoms with Crippen molar-refractivity contribution in [2.24, 2.45) is 11.8 Å². The van der Waals surface area contributed by atoms with Crippen LogP contribution < -0.4 is 5.32 Å². The van der Waals surface area contributed by atoms with E-state index in [0.29, 0.717) is 19.4 Å². The third-order valence-electron chi connectivity index (χ3n) is 3.45. The number of hydrogen-bond donors (Lipinski definition) is 2. The molecule has 0 aromatic rings. The van der Waals surface area contributed by atoms with Crippen molar-refractivity contribution < 1.29 is 23.1 Å². The molecule has 1 aliphatic rings. The predicted molar refractivity (Wildman–Crippen MR) is 73.5 cm³/mol. The summed E-state index contributed by atoms with van der Waals surface area (Å²) in [5.74, 6) is -2.19. The average Bonchev–Trinajstić information content (AvgIpc) is 2.34. The molecule has 1 saturated heterocycles. The van der Waals surface area contributed by atoms with Crippen molar-refractivity contribution in [3.05, 3.63) is 0 Å². The van der Waals surface area contributed by atoms with Crippen molar-refractivity contribution in [3.63, 3.8) is 0 Å². The van der Waals surface area contributed by atoms with E-state index >= 15 is 0 Å². The number of sulfonamides is 1. The Bertz CT molecular complexity index is 474. The second-order valence-electron chi connectivity index (χ2n) is 5.53. The molecule has 0 aliphatic carbocycles. The van der Waals surface area contributed by atoms with E-state index in [9.17, 15) is 18.0 Å². The Labute approximate surface area is 119 Å². The Kier molecular flexibility index (Phi) is 5.52. The lowest BCUT2D eigenvalue weighted by Crippen LogP contribution is -2.50. The molecule has 116 valence electrons. The van der Waals surface area contributed by atoms with E-state index in [1.165, 1.54) is 4.31 Å². The molecule has 0 bridgehead atoms. The van der Waals surface area contributed by atoms with Crippen molar-refractivity contribution in [2.45, 2.75) is 32.7 Å². The lowest BCUT2D eigenvalue weighted by Gasteiger charge is -2.31. The van der Waals surface area contributed by atoms with Crippen LogP contribution in [0.2, 0.25) is 0 Å². The van der Waals surface area contributed by atoms with Crippen molar-refractivity contribution >= 4 is 21.9 Å². The summed E-state index contributed by atoms with van der Waals surface area (Å²) in [7, 11) is -3.32. The second-order valence-corrected chi connectivity index (χ2v) is 7.51. The van der Waals surface area contributed by atoms with Gasteiger partial charge in [-0.1, -0.05) is 13.8 Å². The van der Waals surface area contributed by atoms with Crippen LogP contribution in [0.1, 0.15) is 26.7 Å². The van der Waals surface area contributed by atoms with E-state index in [2.05, 4.69) is 5.32 Å². The van der Waals surface area contributed by atoms with Crippen LogP contribution in [0.4, 0.5) is 0 Å². The topological polar surface area (TPSA) is 104 Å². The Balaban J connectivity index is 2.70. The summed E-state index contributed by atoms with van der Waals surface area (Å²) in [6, 6.07) is -0.948. The molecular formula is C12H22N2O5S. The zero-order valence-corrected chi connectivity index (χ0v) is 12.8. The van der Waals surface area contributed by atoms with Gasteiger partial charge in [-0.05, 0) is 18.8 Å².